The van der Waals surface area contributed by atoms with E-state index < -0.39 is 28.7 Å². The summed E-state index contributed by atoms with van der Waals surface area (Å²) in [5, 5.41) is 14.1. The summed E-state index contributed by atoms with van der Waals surface area (Å²) in [6.45, 7) is 6.86. The highest BCUT2D eigenvalue weighted by Crippen LogP contribution is 2.45. The molecule has 1 aliphatic heterocycles. The predicted octanol–water partition coefficient (Wildman–Crippen LogP) is 4.80. The van der Waals surface area contributed by atoms with E-state index in [-0.39, 0.29) is 25.4 Å². The normalized spacial score (nSPS) is 20.8. The molecule has 2 aromatic carbocycles. The van der Waals surface area contributed by atoms with Gasteiger partial charge in [0.25, 0.3) is 0 Å². The lowest BCUT2D eigenvalue weighted by molar-refractivity contribution is -0.255. The van der Waals surface area contributed by atoms with Crippen molar-refractivity contribution in [2.24, 2.45) is 0 Å². The third-order valence-corrected chi connectivity index (χ3v) is 6.68. The standard InChI is InChI=1S/C25H29FN2O4/c1-23(2)14-25(21(26)29,15-24(3,4)28(23)31)27-22(30)32-13-20-18-11-7-5-9-16(18)17-10-6-8-12-19(17)20/h5-12,20,31H,13-15H2,1-4H3,(H,27,30). The number of hydrogen-bond donors (Lipinski definition) is 2. The van der Waals surface area contributed by atoms with Crippen molar-refractivity contribution >= 4 is 12.1 Å². The van der Waals surface area contributed by atoms with Crippen LogP contribution in [0.1, 0.15) is 57.6 Å². The minimum absolute atomic E-state index is 0.0648. The number of ether oxygens (including phenoxy) is 1. The first-order valence-corrected chi connectivity index (χ1v) is 10.8. The Morgan fingerprint density at radius 3 is 1.94 bits per heavy atom. The number of amides is 1. The van der Waals surface area contributed by atoms with Crippen LogP contribution in [-0.2, 0) is 9.53 Å². The number of carbonyl (C=O) groups is 2. The maximum Gasteiger partial charge on any atom is 0.408 e. The first-order chi connectivity index (χ1) is 15.0. The van der Waals surface area contributed by atoms with Gasteiger partial charge in [0.2, 0.25) is 0 Å². The Bertz CT molecular complexity index is 1000. The minimum atomic E-state index is -1.77. The van der Waals surface area contributed by atoms with Crippen molar-refractivity contribution < 1.29 is 23.9 Å². The van der Waals surface area contributed by atoms with Gasteiger partial charge >= 0.3 is 12.1 Å². The topological polar surface area (TPSA) is 78.9 Å². The first-order valence-electron chi connectivity index (χ1n) is 10.8. The lowest BCUT2D eigenvalue weighted by Crippen LogP contribution is -2.70. The lowest BCUT2D eigenvalue weighted by Gasteiger charge is -2.54. The van der Waals surface area contributed by atoms with Gasteiger partial charge in [-0.1, -0.05) is 48.5 Å². The second-order valence-corrected chi connectivity index (χ2v) is 10.1. The largest absolute Gasteiger partial charge is 0.449 e. The molecular formula is C25H29FN2O4. The molecule has 4 rings (SSSR count). The Morgan fingerprint density at radius 1 is 1.00 bits per heavy atom. The van der Waals surface area contributed by atoms with Crippen LogP contribution in [0.5, 0.6) is 0 Å². The summed E-state index contributed by atoms with van der Waals surface area (Å²) in [6.07, 6.45) is -1.02. The van der Waals surface area contributed by atoms with E-state index in [2.05, 4.69) is 5.32 Å². The summed E-state index contributed by atoms with van der Waals surface area (Å²) in [5.74, 6) is -0.141. The number of hydrogen-bond acceptors (Lipinski definition) is 5. The third-order valence-electron chi connectivity index (χ3n) is 6.68. The number of piperidine rings is 1. The van der Waals surface area contributed by atoms with Crippen LogP contribution in [0.15, 0.2) is 48.5 Å². The van der Waals surface area contributed by atoms with Crippen molar-refractivity contribution in [1.29, 1.82) is 0 Å². The molecule has 1 amide bonds. The zero-order valence-electron chi connectivity index (χ0n) is 18.8. The molecule has 2 aliphatic rings. The van der Waals surface area contributed by atoms with Gasteiger partial charge in [-0.05, 0) is 49.9 Å². The van der Waals surface area contributed by atoms with Crippen molar-refractivity contribution in [3.63, 3.8) is 0 Å². The molecular weight excluding hydrogens is 411 g/mol. The molecule has 7 heteroatoms. The molecule has 2 aromatic rings. The third kappa shape index (κ3) is 3.69. The van der Waals surface area contributed by atoms with Crippen LogP contribution in [0.4, 0.5) is 9.18 Å². The van der Waals surface area contributed by atoms with E-state index in [4.69, 9.17) is 4.74 Å². The van der Waals surface area contributed by atoms with Gasteiger partial charge in [0.1, 0.15) is 12.1 Å². The van der Waals surface area contributed by atoms with Crippen LogP contribution in [0.3, 0.4) is 0 Å². The van der Waals surface area contributed by atoms with Gasteiger partial charge in [0.15, 0.2) is 0 Å². The number of hydroxylamine groups is 2. The van der Waals surface area contributed by atoms with E-state index in [0.717, 1.165) is 27.3 Å². The molecule has 0 atom stereocenters. The molecule has 1 fully saturated rings. The smallest absolute Gasteiger partial charge is 0.408 e. The number of alkyl carbamates (subject to hydrolysis) is 1. The molecule has 0 radical (unpaired) electrons. The molecule has 1 aliphatic carbocycles. The van der Waals surface area contributed by atoms with E-state index in [1.807, 2.05) is 48.5 Å². The Kier molecular flexibility index (Phi) is 5.38. The summed E-state index contributed by atoms with van der Waals surface area (Å²) in [4.78, 5) is 24.9. The van der Waals surface area contributed by atoms with Crippen molar-refractivity contribution in [1.82, 2.24) is 10.4 Å². The van der Waals surface area contributed by atoms with Crippen LogP contribution in [0.2, 0.25) is 0 Å². The molecule has 0 spiro atoms. The molecule has 2 N–H and O–H groups in total. The molecule has 0 unspecified atom stereocenters. The Morgan fingerprint density at radius 2 is 1.47 bits per heavy atom. The van der Waals surface area contributed by atoms with Crippen LogP contribution < -0.4 is 5.32 Å². The highest BCUT2D eigenvalue weighted by molar-refractivity contribution is 5.86. The monoisotopic (exact) mass is 440 g/mol. The molecule has 1 heterocycles. The molecule has 0 aromatic heterocycles. The van der Waals surface area contributed by atoms with Gasteiger partial charge in [-0.2, -0.15) is 9.45 Å². The predicted molar refractivity (Wildman–Crippen MR) is 118 cm³/mol. The van der Waals surface area contributed by atoms with E-state index in [1.165, 1.54) is 0 Å². The fourth-order valence-corrected chi connectivity index (χ4v) is 5.62. The fourth-order valence-electron chi connectivity index (χ4n) is 5.62. The highest BCUT2D eigenvalue weighted by atomic mass is 19.1. The zero-order valence-corrected chi connectivity index (χ0v) is 18.8. The quantitative estimate of drug-likeness (QED) is 0.668. The number of nitrogens with one attached hydrogen (secondary N) is 1. The lowest BCUT2D eigenvalue weighted by atomic mass is 9.70. The summed E-state index contributed by atoms with van der Waals surface area (Å²) in [7, 11) is 0. The molecule has 0 bridgehead atoms. The van der Waals surface area contributed by atoms with Gasteiger partial charge in [-0.25, -0.2) is 4.79 Å². The second-order valence-electron chi connectivity index (χ2n) is 10.1. The Hall–Kier alpha value is -2.77. The van der Waals surface area contributed by atoms with E-state index in [0.29, 0.717) is 0 Å². The average molecular weight is 441 g/mol. The van der Waals surface area contributed by atoms with Gasteiger partial charge in [0, 0.05) is 29.8 Å². The molecule has 1 saturated heterocycles. The summed E-state index contributed by atoms with van der Waals surface area (Å²) in [6, 6.07) is 14.3. The SMILES string of the molecule is CC1(C)CC(NC(=O)OCC2c3ccccc3-c3ccccc32)(C(=O)F)CC(C)(C)N1O. The summed E-state index contributed by atoms with van der Waals surface area (Å²) in [5.41, 5.74) is 0.703. The number of halogens is 1. The van der Waals surface area contributed by atoms with Crippen molar-refractivity contribution in [3.8, 4) is 11.1 Å². The number of carbonyl (C=O) groups excluding carboxylic acids is 2. The van der Waals surface area contributed by atoms with Gasteiger partial charge < -0.3 is 15.3 Å². The van der Waals surface area contributed by atoms with Crippen molar-refractivity contribution in [3.05, 3.63) is 59.7 Å². The molecule has 0 saturated carbocycles. The first kappa shape index (κ1) is 22.4. The van der Waals surface area contributed by atoms with E-state index in [1.54, 1.807) is 27.7 Å². The van der Waals surface area contributed by atoms with Crippen LogP contribution in [-0.4, -0.2) is 45.6 Å². The molecule has 6 nitrogen and oxygen atoms in total. The van der Waals surface area contributed by atoms with Gasteiger partial charge in [-0.3, -0.25) is 4.79 Å². The summed E-state index contributed by atoms with van der Waals surface area (Å²) >= 11 is 0. The maximum absolute atomic E-state index is 14.3. The number of fused-ring (bicyclic) bond motifs is 3. The van der Waals surface area contributed by atoms with Crippen molar-refractivity contribution in [2.75, 3.05) is 6.61 Å². The molecule has 170 valence electrons. The zero-order chi connectivity index (χ0) is 23.3. The number of rotatable bonds is 4. The Labute approximate surface area is 187 Å². The van der Waals surface area contributed by atoms with Crippen LogP contribution >= 0.6 is 0 Å². The van der Waals surface area contributed by atoms with Crippen LogP contribution in [0.25, 0.3) is 11.1 Å². The average Bonchev–Trinajstić information content (AvgIpc) is 3.04. The van der Waals surface area contributed by atoms with Crippen LogP contribution in [0, 0.1) is 0 Å². The van der Waals surface area contributed by atoms with Gasteiger partial charge in [0.05, 0.1) is 0 Å². The number of benzene rings is 2. The van der Waals surface area contributed by atoms with E-state index in [9.17, 15) is 19.2 Å². The molecule has 32 heavy (non-hydrogen) atoms. The minimum Gasteiger partial charge on any atom is -0.449 e. The van der Waals surface area contributed by atoms with E-state index >= 15 is 0 Å². The number of nitrogens with zero attached hydrogens (tertiary/aromatic N) is 1. The second kappa shape index (κ2) is 7.67. The van der Waals surface area contributed by atoms with Crippen molar-refractivity contribution in [2.45, 2.75) is 63.1 Å². The summed E-state index contributed by atoms with van der Waals surface area (Å²) < 4.78 is 19.9. The highest BCUT2D eigenvalue weighted by Gasteiger charge is 2.57. The fraction of sp³-hybridized carbons (Fsp3) is 0.440. The maximum atomic E-state index is 14.3. The van der Waals surface area contributed by atoms with Gasteiger partial charge in [-0.15, -0.1) is 0 Å². The Balaban J connectivity index is 1.53.